The van der Waals surface area contributed by atoms with Crippen LogP contribution in [0.5, 0.6) is 11.5 Å². The number of ether oxygens (including phenoxy) is 3. The van der Waals surface area contributed by atoms with E-state index in [0.717, 1.165) is 5.39 Å². The molecule has 32 heavy (non-hydrogen) atoms. The number of aromatic nitrogens is 2. The first kappa shape index (κ1) is 20.8. The highest BCUT2D eigenvalue weighted by Crippen LogP contribution is 2.36. The highest BCUT2D eigenvalue weighted by atomic mass is 35.5. The van der Waals surface area contributed by atoms with Crippen LogP contribution in [-0.4, -0.2) is 33.8 Å². The molecule has 1 N–H and O–H groups in total. The third-order valence-corrected chi connectivity index (χ3v) is 6.34. The molecule has 2 aliphatic rings. The number of halogens is 1. The van der Waals surface area contributed by atoms with Gasteiger partial charge in [0.05, 0.1) is 24.0 Å². The molecule has 0 amide bonds. The van der Waals surface area contributed by atoms with Crippen molar-refractivity contribution in [2.24, 2.45) is 0 Å². The summed E-state index contributed by atoms with van der Waals surface area (Å²) in [4.78, 5) is 29.6. The molecule has 9 heteroatoms. The molecule has 0 saturated carbocycles. The zero-order valence-electron chi connectivity index (χ0n) is 17.4. The van der Waals surface area contributed by atoms with Crippen LogP contribution in [0.3, 0.4) is 0 Å². The number of benzene rings is 1. The predicted octanol–water partition coefficient (Wildman–Crippen LogP) is 2.91. The smallest absolute Gasteiger partial charge is 0.309 e. The zero-order valence-corrected chi connectivity index (χ0v) is 18.1. The van der Waals surface area contributed by atoms with Crippen molar-refractivity contribution in [3.05, 3.63) is 62.7 Å². The van der Waals surface area contributed by atoms with Crippen LogP contribution in [0.2, 0.25) is 5.15 Å². The van der Waals surface area contributed by atoms with Crippen LogP contribution in [0.4, 0.5) is 0 Å². The van der Waals surface area contributed by atoms with Crippen molar-refractivity contribution < 1.29 is 24.1 Å². The summed E-state index contributed by atoms with van der Waals surface area (Å²) < 4.78 is 17.9. The number of carbonyl (C=O) groups is 1. The molecule has 2 aromatic heterocycles. The fourth-order valence-electron chi connectivity index (χ4n) is 4.20. The van der Waals surface area contributed by atoms with Gasteiger partial charge in [-0.1, -0.05) is 18.5 Å². The van der Waals surface area contributed by atoms with E-state index in [0.29, 0.717) is 41.4 Å². The summed E-state index contributed by atoms with van der Waals surface area (Å²) in [5, 5.41) is 12.0. The lowest BCUT2D eigenvalue weighted by Gasteiger charge is -2.25. The van der Waals surface area contributed by atoms with Gasteiger partial charge < -0.3 is 23.9 Å². The highest BCUT2D eigenvalue weighted by molar-refractivity contribution is 6.30. The number of hydrogen-bond donors (Lipinski definition) is 1. The first-order chi connectivity index (χ1) is 15.4. The third kappa shape index (κ3) is 3.49. The van der Waals surface area contributed by atoms with E-state index >= 15 is 0 Å². The van der Waals surface area contributed by atoms with Gasteiger partial charge in [-0.3, -0.25) is 9.59 Å². The number of hydrogen-bond acceptors (Lipinski definition) is 7. The summed E-state index contributed by atoms with van der Waals surface area (Å²) in [5.41, 5.74) is 0.240. The third-order valence-electron chi connectivity index (χ3n) is 6.01. The average molecular weight is 457 g/mol. The van der Waals surface area contributed by atoms with Crippen LogP contribution >= 0.6 is 11.6 Å². The summed E-state index contributed by atoms with van der Waals surface area (Å²) >= 11 is 6.44. The first-order valence-electron chi connectivity index (χ1n) is 10.4. The quantitative estimate of drug-likeness (QED) is 0.477. The van der Waals surface area contributed by atoms with Gasteiger partial charge in [-0.2, -0.15) is 0 Å². The number of cyclic esters (lactones) is 1. The molecule has 1 atom stereocenters. The summed E-state index contributed by atoms with van der Waals surface area (Å²) in [5.74, 6) is 0.731. The molecule has 0 radical (unpaired) electrons. The second-order valence-electron chi connectivity index (χ2n) is 7.99. The number of rotatable bonds is 3. The Morgan fingerprint density at radius 1 is 1.16 bits per heavy atom. The van der Waals surface area contributed by atoms with Gasteiger partial charge in [-0.15, -0.1) is 0 Å². The minimum absolute atomic E-state index is 0.167. The van der Waals surface area contributed by atoms with Crippen LogP contribution in [0.25, 0.3) is 10.9 Å². The van der Waals surface area contributed by atoms with Crippen molar-refractivity contribution in [3.63, 3.8) is 0 Å². The fraction of sp³-hybridized carbons (Fsp3) is 0.348. The van der Waals surface area contributed by atoms with Gasteiger partial charge in [0, 0.05) is 23.2 Å². The van der Waals surface area contributed by atoms with Gasteiger partial charge >= 0.3 is 5.97 Å². The van der Waals surface area contributed by atoms with Crippen LogP contribution < -0.4 is 15.0 Å². The summed E-state index contributed by atoms with van der Waals surface area (Å²) in [6, 6.07) is 7.17. The molecular formula is C23H21ClN2O6. The van der Waals surface area contributed by atoms with E-state index in [9.17, 15) is 14.7 Å². The number of aliphatic hydroxyl groups is 1. The van der Waals surface area contributed by atoms with E-state index in [1.165, 1.54) is 4.57 Å². The normalized spacial score (nSPS) is 19.9. The van der Waals surface area contributed by atoms with Gasteiger partial charge in [0.15, 0.2) is 11.5 Å². The minimum Gasteiger partial charge on any atom is -0.486 e. The SMILES string of the molecule is CCC1(O)CC(=O)OCc2c1ccn(Cc1cc3cc4c(cc3nc1Cl)OCCO4)c2=O. The Kier molecular flexibility index (Phi) is 5.06. The highest BCUT2D eigenvalue weighted by Gasteiger charge is 2.37. The molecule has 8 nitrogen and oxygen atoms in total. The average Bonchev–Trinajstić information content (AvgIpc) is 2.91. The molecule has 0 fully saturated rings. The Morgan fingerprint density at radius 2 is 1.91 bits per heavy atom. The number of fused-ring (bicyclic) bond motifs is 3. The van der Waals surface area contributed by atoms with Gasteiger partial charge in [0.1, 0.15) is 30.6 Å². The Balaban J connectivity index is 1.55. The lowest BCUT2D eigenvalue weighted by atomic mass is 9.86. The minimum atomic E-state index is -1.43. The van der Waals surface area contributed by atoms with E-state index in [1.807, 2.05) is 12.1 Å². The van der Waals surface area contributed by atoms with Crippen molar-refractivity contribution in [2.75, 3.05) is 13.2 Å². The fourth-order valence-corrected chi connectivity index (χ4v) is 4.41. The predicted molar refractivity (Wildman–Crippen MR) is 116 cm³/mol. The first-order valence-corrected chi connectivity index (χ1v) is 10.8. The maximum atomic E-state index is 13.2. The molecule has 4 heterocycles. The molecule has 166 valence electrons. The number of pyridine rings is 2. The molecule has 0 bridgehead atoms. The van der Waals surface area contributed by atoms with Crippen LogP contribution in [0, 0.1) is 0 Å². The van der Waals surface area contributed by atoms with E-state index in [2.05, 4.69) is 4.98 Å². The molecule has 0 aliphatic carbocycles. The van der Waals surface area contributed by atoms with E-state index in [1.54, 1.807) is 25.3 Å². The molecule has 0 spiro atoms. The number of esters is 1. The Morgan fingerprint density at radius 3 is 2.66 bits per heavy atom. The van der Waals surface area contributed by atoms with Gasteiger partial charge in [0.2, 0.25) is 0 Å². The molecule has 5 rings (SSSR count). The number of carbonyl (C=O) groups excluding carboxylic acids is 1. The monoisotopic (exact) mass is 456 g/mol. The molecule has 3 aromatic rings. The topological polar surface area (TPSA) is 99.9 Å². The van der Waals surface area contributed by atoms with Crippen LogP contribution in [0.1, 0.15) is 36.5 Å². The Bertz CT molecular complexity index is 1300. The Hall–Kier alpha value is -3.10. The van der Waals surface area contributed by atoms with Crippen molar-refractivity contribution in [2.45, 2.75) is 38.5 Å². The maximum absolute atomic E-state index is 13.2. The van der Waals surface area contributed by atoms with Gasteiger partial charge in [0.25, 0.3) is 5.56 Å². The van der Waals surface area contributed by atoms with Crippen molar-refractivity contribution in [3.8, 4) is 11.5 Å². The van der Waals surface area contributed by atoms with E-state index in [4.69, 9.17) is 25.8 Å². The van der Waals surface area contributed by atoms with Crippen LogP contribution in [0.15, 0.2) is 35.3 Å². The molecule has 1 unspecified atom stereocenters. The molecule has 1 aromatic carbocycles. The van der Waals surface area contributed by atoms with Gasteiger partial charge in [-0.25, -0.2) is 4.98 Å². The van der Waals surface area contributed by atoms with E-state index < -0.39 is 11.6 Å². The zero-order chi connectivity index (χ0) is 22.5. The largest absolute Gasteiger partial charge is 0.486 e. The summed E-state index contributed by atoms with van der Waals surface area (Å²) in [7, 11) is 0. The second kappa shape index (κ2) is 7.79. The van der Waals surface area contributed by atoms with Crippen LogP contribution in [-0.2, 0) is 28.3 Å². The number of nitrogens with zero attached hydrogens (tertiary/aromatic N) is 2. The lowest BCUT2D eigenvalue weighted by molar-refractivity contribution is -0.149. The summed E-state index contributed by atoms with van der Waals surface area (Å²) in [6.45, 7) is 2.71. The molecule has 0 saturated heterocycles. The maximum Gasteiger partial charge on any atom is 0.309 e. The van der Waals surface area contributed by atoms with Crippen molar-refractivity contribution in [1.29, 1.82) is 0 Å². The molecular weight excluding hydrogens is 436 g/mol. The van der Waals surface area contributed by atoms with E-state index in [-0.39, 0.29) is 42.3 Å². The molecule has 2 aliphatic heterocycles. The standard InChI is InChI=1S/C23H21ClN2O6/c1-2-23(29)10-20(27)32-12-15-16(23)3-4-26(22(15)28)11-14-7-13-8-18-19(31-6-5-30-18)9-17(13)25-21(14)24/h3-4,7-9,29H,2,5-6,10-12H2,1H3. The Labute approximate surface area is 188 Å². The lowest BCUT2D eigenvalue weighted by Crippen LogP contribution is -2.32. The van der Waals surface area contributed by atoms with Gasteiger partial charge in [-0.05, 0) is 30.2 Å². The van der Waals surface area contributed by atoms with Crippen molar-refractivity contribution >= 4 is 28.5 Å². The second-order valence-corrected chi connectivity index (χ2v) is 8.35. The van der Waals surface area contributed by atoms with Crippen molar-refractivity contribution in [1.82, 2.24) is 9.55 Å². The summed E-state index contributed by atoms with van der Waals surface area (Å²) in [6.07, 6.45) is 1.70.